The van der Waals surface area contributed by atoms with Crippen LogP contribution in [0.2, 0.25) is 0 Å². The van der Waals surface area contributed by atoms with Gasteiger partial charge in [0.05, 0.1) is 12.1 Å². The number of rotatable bonds is 5. The quantitative estimate of drug-likeness (QED) is 0.292. The average molecular weight is 513 g/mol. The summed E-state index contributed by atoms with van der Waals surface area (Å²) in [6, 6.07) is 25.5. The van der Waals surface area contributed by atoms with Crippen molar-refractivity contribution in [1.29, 1.82) is 0 Å². The van der Waals surface area contributed by atoms with E-state index >= 15 is 0 Å². The van der Waals surface area contributed by atoms with Crippen LogP contribution < -0.4 is 10.6 Å². The molecular formula is C31H23F3N2O2. The van der Waals surface area contributed by atoms with Crippen molar-refractivity contribution in [3.8, 4) is 23.0 Å². The smallest absolute Gasteiger partial charge is 0.341 e. The number of anilines is 1. The van der Waals surface area contributed by atoms with Gasteiger partial charge in [0.15, 0.2) is 0 Å². The van der Waals surface area contributed by atoms with Crippen molar-refractivity contribution in [1.82, 2.24) is 5.32 Å². The maximum absolute atomic E-state index is 13.1. The molecule has 0 radical (unpaired) electrons. The zero-order valence-corrected chi connectivity index (χ0v) is 20.4. The number of halogens is 3. The molecule has 0 aliphatic rings. The highest BCUT2D eigenvalue weighted by Crippen LogP contribution is 2.32. The molecule has 0 heterocycles. The van der Waals surface area contributed by atoms with Gasteiger partial charge < -0.3 is 10.6 Å². The van der Waals surface area contributed by atoms with Crippen molar-refractivity contribution in [2.45, 2.75) is 13.1 Å². The van der Waals surface area contributed by atoms with Crippen LogP contribution >= 0.6 is 0 Å². The Hall–Kier alpha value is -4.83. The van der Waals surface area contributed by atoms with E-state index in [1.165, 1.54) is 12.1 Å². The second-order valence-corrected chi connectivity index (χ2v) is 8.51. The summed E-state index contributed by atoms with van der Waals surface area (Å²) in [5.74, 6) is 5.10. The molecule has 0 spiro atoms. The Morgan fingerprint density at radius 3 is 2.24 bits per heavy atom. The van der Waals surface area contributed by atoms with Crippen LogP contribution in [0.15, 0.2) is 97.1 Å². The lowest BCUT2D eigenvalue weighted by atomic mass is 9.98. The Kier molecular flexibility index (Phi) is 7.93. The van der Waals surface area contributed by atoms with E-state index in [-0.39, 0.29) is 18.0 Å². The number of aryl methyl sites for hydroxylation is 1. The first-order valence-corrected chi connectivity index (χ1v) is 11.7. The molecule has 0 aliphatic heterocycles. The highest BCUT2D eigenvalue weighted by molar-refractivity contribution is 6.09. The number of hydrogen-bond acceptors (Lipinski definition) is 2. The lowest BCUT2D eigenvalue weighted by molar-refractivity contribution is -0.137. The molecule has 2 amide bonds. The third kappa shape index (κ3) is 6.68. The van der Waals surface area contributed by atoms with Crippen LogP contribution in [0.5, 0.6) is 0 Å². The number of benzene rings is 4. The molecule has 38 heavy (non-hydrogen) atoms. The number of amides is 2. The molecule has 4 aromatic carbocycles. The van der Waals surface area contributed by atoms with E-state index in [1.807, 2.05) is 31.2 Å². The summed E-state index contributed by atoms with van der Waals surface area (Å²) >= 11 is 0. The first-order valence-electron chi connectivity index (χ1n) is 11.7. The monoisotopic (exact) mass is 512 g/mol. The zero-order valence-electron chi connectivity index (χ0n) is 20.4. The molecule has 0 aliphatic carbocycles. The SMILES string of the molecule is Cc1ccc(C#CCNC(=O)c2cccc(NC(=O)c3ccccc3-c3ccc(C(F)(F)F)cc3)c2)cc1. The number of alkyl halides is 3. The van der Waals surface area contributed by atoms with E-state index in [0.717, 1.165) is 23.3 Å². The van der Waals surface area contributed by atoms with Gasteiger partial charge in [-0.05, 0) is 66.6 Å². The van der Waals surface area contributed by atoms with E-state index in [2.05, 4.69) is 22.5 Å². The normalized spacial score (nSPS) is 10.7. The van der Waals surface area contributed by atoms with Gasteiger partial charge in [-0.2, -0.15) is 13.2 Å². The predicted molar refractivity (Wildman–Crippen MR) is 142 cm³/mol. The van der Waals surface area contributed by atoms with Crippen molar-refractivity contribution in [2.24, 2.45) is 0 Å². The molecule has 0 fully saturated rings. The topological polar surface area (TPSA) is 58.2 Å². The molecule has 4 aromatic rings. The molecule has 190 valence electrons. The Morgan fingerprint density at radius 1 is 0.816 bits per heavy atom. The van der Waals surface area contributed by atoms with Gasteiger partial charge in [-0.15, -0.1) is 0 Å². The van der Waals surface area contributed by atoms with E-state index in [1.54, 1.807) is 48.5 Å². The number of nitrogens with one attached hydrogen (secondary N) is 2. The van der Waals surface area contributed by atoms with Crippen molar-refractivity contribution in [2.75, 3.05) is 11.9 Å². The van der Waals surface area contributed by atoms with Crippen molar-refractivity contribution in [3.05, 3.63) is 125 Å². The lowest BCUT2D eigenvalue weighted by Gasteiger charge is -2.12. The summed E-state index contributed by atoms with van der Waals surface area (Å²) in [4.78, 5) is 25.6. The minimum absolute atomic E-state index is 0.157. The van der Waals surface area contributed by atoms with E-state index in [9.17, 15) is 22.8 Å². The average Bonchev–Trinajstić information content (AvgIpc) is 2.91. The third-order valence-corrected chi connectivity index (χ3v) is 5.70. The Labute approximate surface area is 218 Å². The van der Waals surface area contributed by atoms with Gasteiger partial charge >= 0.3 is 6.18 Å². The molecule has 4 nitrogen and oxygen atoms in total. The van der Waals surface area contributed by atoms with Crippen molar-refractivity contribution < 1.29 is 22.8 Å². The fourth-order valence-electron chi connectivity index (χ4n) is 3.72. The van der Waals surface area contributed by atoms with E-state index < -0.39 is 17.6 Å². The Balaban J connectivity index is 1.44. The largest absolute Gasteiger partial charge is 0.416 e. The molecule has 0 atom stereocenters. The molecular weight excluding hydrogens is 489 g/mol. The van der Waals surface area contributed by atoms with Crippen molar-refractivity contribution in [3.63, 3.8) is 0 Å². The van der Waals surface area contributed by atoms with Gasteiger partial charge in [0.1, 0.15) is 0 Å². The fourth-order valence-corrected chi connectivity index (χ4v) is 3.72. The van der Waals surface area contributed by atoms with Crippen LogP contribution in [-0.2, 0) is 6.18 Å². The van der Waals surface area contributed by atoms with Gasteiger partial charge in [-0.3, -0.25) is 9.59 Å². The van der Waals surface area contributed by atoms with E-state index in [0.29, 0.717) is 22.4 Å². The molecule has 0 bridgehead atoms. The highest BCUT2D eigenvalue weighted by Gasteiger charge is 2.30. The van der Waals surface area contributed by atoms with Crippen molar-refractivity contribution >= 4 is 17.5 Å². The van der Waals surface area contributed by atoms with Gasteiger partial charge in [0.25, 0.3) is 11.8 Å². The molecule has 0 aromatic heterocycles. The standard InChI is InChI=1S/C31H23F3N2O2/c1-21-11-13-22(14-12-21)6-5-19-35-29(37)24-7-4-8-26(20-24)36-30(38)28-10-3-2-9-27(28)23-15-17-25(18-16-23)31(32,33)34/h2-4,7-18,20H,19H2,1H3,(H,35,37)(H,36,38). The molecule has 0 unspecified atom stereocenters. The van der Waals surface area contributed by atoms with Crippen LogP contribution in [-0.4, -0.2) is 18.4 Å². The first kappa shape index (κ1) is 26.2. The highest BCUT2D eigenvalue weighted by atomic mass is 19.4. The number of hydrogen-bond donors (Lipinski definition) is 2. The first-order chi connectivity index (χ1) is 18.2. The fraction of sp³-hybridized carbons (Fsp3) is 0.0968. The summed E-state index contributed by atoms with van der Waals surface area (Å²) in [6.45, 7) is 2.15. The summed E-state index contributed by atoms with van der Waals surface area (Å²) in [7, 11) is 0. The molecule has 0 saturated carbocycles. The Bertz CT molecular complexity index is 1510. The van der Waals surface area contributed by atoms with Gasteiger partial charge in [0, 0.05) is 22.4 Å². The summed E-state index contributed by atoms with van der Waals surface area (Å²) in [5, 5.41) is 5.50. The van der Waals surface area contributed by atoms with E-state index in [4.69, 9.17) is 0 Å². The molecule has 0 saturated heterocycles. The number of carbonyl (C=O) groups is 2. The second kappa shape index (κ2) is 11.5. The van der Waals surface area contributed by atoms with Crippen LogP contribution in [0.3, 0.4) is 0 Å². The van der Waals surface area contributed by atoms with Crippen LogP contribution in [0.25, 0.3) is 11.1 Å². The summed E-state index contributed by atoms with van der Waals surface area (Å²) < 4.78 is 38.8. The molecule has 4 rings (SSSR count). The van der Waals surface area contributed by atoms with Gasteiger partial charge in [-0.1, -0.05) is 65.9 Å². The maximum Gasteiger partial charge on any atom is 0.416 e. The number of carbonyl (C=O) groups excluding carboxylic acids is 2. The Morgan fingerprint density at radius 2 is 1.53 bits per heavy atom. The summed E-state index contributed by atoms with van der Waals surface area (Å²) in [5.41, 5.74) is 3.22. The van der Waals surface area contributed by atoms with Crippen LogP contribution in [0.4, 0.5) is 18.9 Å². The zero-order chi connectivity index (χ0) is 27.1. The predicted octanol–water partition coefficient (Wildman–Crippen LogP) is 6.71. The van der Waals surface area contributed by atoms with Gasteiger partial charge in [0.2, 0.25) is 0 Å². The molecule has 2 N–H and O–H groups in total. The lowest BCUT2D eigenvalue weighted by Crippen LogP contribution is -2.23. The van der Waals surface area contributed by atoms with Gasteiger partial charge in [-0.25, -0.2) is 0 Å². The third-order valence-electron chi connectivity index (χ3n) is 5.70. The van der Waals surface area contributed by atoms with Crippen LogP contribution in [0.1, 0.15) is 37.4 Å². The minimum atomic E-state index is -4.44. The maximum atomic E-state index is 13.1. The second-order valence-electron chi connectivity index (χ2n) is 8.51. The van der Waals surface area contributed by atoms with Crippen LogP contribution in [0, 0.1) is 18.8 Å². The molecule has 7 heteroatoms. The summed E-state index contributed by atoms with van der Waals surface area (Å²) in [6.07, 6.45) is -4.44. The minimum Gasteiger partial charge on any atom is -0.341 e.